The number of alkyl halides is 1. The van der Waals surface area contributed by atoms with E-state index < -0.39 is 0 Å². The molecule has 0 spiro atoms. The van der Waals surface area contributed by atoms with Gasteiger partial charge in [0, 0.05) is 10.9 Å². The van der Waals surface area contributed by atoms with Gasteiger partial charge in [-0.1, -0.05) is 40.2 Å². The van der Waals surface area contributed by atoms with Gasteiger partial charge in [-0.05, 0) is 29.8 Å². The van der Waals surface area contributed by atoms with Crippen LogP contribution in [0.25, 0.3) is 0 Å². The Morgan fingerprint density at radius 1 is 1.10 bits per heavy atom. The number of halogens is 1. The minimum absolute atomic E-state index is 0.263. The average molecular weight is 332 g/mol. The maximum Gasteiger partial charge on any atom is 0.149 e. The summed E-state index contributed by atoms with van der Waals surface area (Å²) in [5, 5.41) is 12.1. The number of anilines is 1. The van der Waals surface area contributed by atoms with Gasteiger partial charge in [-0.25, -0.2) is 4.99 Å². The molecule has 2 aromatic carbocycles. The van der Waals surface area contributed by atoms with Crippen molar-refractivity contribution in [3.8, 4) is 5.75 Å². The van der Waals surface area contributed by atoms with Crippen LogP contribution in [0.1, 0.15) is 11.1 Å². The number of phenols is 1. The molecule has 1 aliphatic heterocycles. The summed E-state index contributed by atoms with van der Waals surface area (Å²) in [7, 11) is 0. The lowest BCUT2D eigenvalue weighted by atomic mass is 10.1. The Morgan fingerprint density at radius 3 is 2.45 bits per heavy atom. The number of nitrogens with one attached hydrogen (secondary N) is 1. The molecule has 5 heteroatoms. The van der Waals surface area contributed by atoms with Crippen molar-refractivity contribution in [2.24, 2.45) is 4.99 Å². The van der Waals surface area contributed by atoms with Crippen molar-refractivity contribution in [3.63, 3.8) is 0 Å². The number of phenolic OH excluding ortho intramolecular Hbond substituents is 1. The molecular weight excluding hydrogens is 318 g/mol. The molecule has 0 saturated carbocycles. The van der Waals surface area contributed by atoms with Crippen molar-refractivity contribution in [1.82, 2.24) is 5.43 Å². The van der Waals surface area contributed by atoms with Gasteiger partial charge < -0.3 is 5.11 Å². The molecule has 20 heavy (non-hydrogen) atoms. The molecule has 4 nitrogen and oxygen atoms in total. The molecule has 0 atom stereocenters. The first kappa shape index (κ1) is 13.0. The Hall–Kier alpha value is -2.01. The molecule has 0 saturated heterocycles. The number of hydrogen-bond donors (Lipinski definition) is 2. The number of hydrogen-bond acceptors (Lipinski definition) is 4. The third kappa shape index (κ3) is 2.63. The number of nitrogens with zero attached hydrogens (tertiary/aromatic N) is 2. The molecule has 0 aromatic heterocycles. The second kappa shape index (κ2) is 5.54. The van der Waals surface area contributed by atoms with Crippen molar-refractivity contribution < 1.29 is 5.11 Å². The van der Waals surface area contributed by atoms with Gasteiger partial charge in [0.1, 0.15) is 18.3 Å². The Labute approximate surface area is 125 Å². The SMILES string of the molecule is Oc1ccc(N2CN=C(c3ccc(CBr)cc3)N2)cc1. The highest BCUT2D eigenvalue weighted by Crippen LogP contribution is 2.19. The van der Waals surface area contributed by atoms with Crippen molar-refractivity contribution in [1.29, 1.82) is 0 Å². The first-order valence-corrected chi connectivity index (χ1v) is 7.41. The van der Waals surface area contributed by atoms with Gasteiger partial charge in [0.25, 0.3) is 0 Å². The lowest BCUT2D eigenvalue weighted by Gasteiger charge is -2.18. The van der Waals surface area contributed by atoms with Crippen LogP contribution in [-0.4, -0.2) is 17.6 Å². The summed E-state index contributed by atoms with van der Waals surface area (Å²) in [5.74, 6) is 1.12. The van der Waals surface area contributed by atoms with Crippen molar-refractivity contribution >= 4 is 27.5 Å². The van der Waals surface area contributed by atoms with E-state index in [1.807, 2.05) is 17.1 Å². The van der Waals surface area contributed by atoms with Crippen LogP contribution in [0.2, 0.25) is 0 Å². The van der Waals surface area contributed by atoms with Gasteiger partial charge in [0.05, 0.1) is 5.69 Å². The Morgan fingerprint density at radius 2 is 1.80 bits per heavy atom. The van der Waals surface area contributed by atoms with Crippen molar-refractivity contribution in [2.75, 3.05) is 11.7 Å². The second-order valence-electron chi connectivity index (χ2n) is 4.53. The van der Waals surface area contributed by atoms with Crippen LogP contribution in [0.4, 0.5) is 5.69 Å². The van der Waals surface area contributed by atoms with Gasteiger partial charge in [-0.3, -0.25) is 10.4 Å². The smallest absolute Gasteiger partial charge is 0.149 e. The summed E-state index contributed by atoms with van der Waals surface area (Å²) in [6.07, 6.45) is 0. The van der Waals surface area contributed by atoms with Crippen LogP contribution in [0.15, 0.2) is 53.5 Å². The molecule has 2 aromatic rings. The van der Waals surface area contributed by atoms with Crippen LogP contribution in [-0.2, 0) is 5.33 Å². The number of aliphatic imine (C=N–C) groups is 1. The summed E-state index contributed by atoms with van der Waals surface area (Å²) in [6, 6.07) is 15.3. The predicted octanol–water partition coefficient (Wildman–Crippen LogP) is 3.02. The van der Waals surface area contributed by atoms with Gasteiger partial charge in [0.2, 0.25) is 0 Å². The highest BCUT2D eigenvalue weighted by Gasteiger charge is 2.16. The van der Waals surface area contributed by atoms with Gasteiger partial charge >= 0.3 is 0 Å². The summed E-state index contributed by atoms with van der Waals surface area (Å²) < 4.78 is 0. The Kier molecular flexibility index (Phi) is 3.60. The summed E-state index contributed by atoms with van der Waals surface area (Å²) >= 11 is 3.44. The summed E-state index contributed by atoms with van der Waals surface area (Å²) in [4.78, 5) is 4.50. The molecule has 3 rings (SSSR count). The van der Waals surface area contributed by atoms with Crippen LogP contribution < -0.4 is 10.4 Å². The Balaban J connectivity index is 1.73. The third-order valence-electron chi connectivity index (χ3n) is 3.15. The first-order valence-electron chi connectivity index (χ1n) is 6.29. The van der Waals surface area contributed by atoms with Crippen LogP contribution in [0.5, 0.6) is 5.75 Å². The number of aromatic hydroxyl groups is 1. The van der Waals surface area contributed by atoms with E-state index in [4.69, 9.17) is 0 Å². The first-order chi connectivity index (χ1) is 9.76. The fraction of sp³-hybridized carbons (Fsp3) is 0.133. The van der Waals surface area contributed by atoms with E-state index in [0.29, 0.717) is 6.67 Å². The molecule has 0 aliphatic carbocycles. The zero-order chi connectivity index (χ0) is 13.9. The minimum Gasteiger partial charge on any atom is -0.508 e. The van der Waals surface area contributed by atoms with Crippen LogP contribution in [0.3, 0.4) is 0 Å². The normalized spacial score (nSPS) is 14.1. The fourth-order valence-electron chi connectivity index (χ4n) is 2.03. The zero-order valence-corrected chi connectivity index (χ0v) is 12.3. The van der Waals surface area contributed by atoms with Crippen molar-refractivity contribution in [2.45, 2.75) is 5.33 Å². The second-order valence-corrected chi connectivity index (χ2v) is 5.10. The Bertz CT molecular complexity index is 623. The topological polar surface area (TPSA) is 47.9 Å². The van der Waals surface area contributed by atoms with Gasteiger partial charge in [-0.2, -0.15) is 0 Å². The largest absolute Gasteiger partial charge is 0.508 e. The van der Waals surface area contributed by atoms with E-state index in [9.17, 15) is 5.11 Å². The number of rotatable bonds is 3. The van der Waals surface area contributed by atoms with E-state index in [-0.39, 0.29) is 5.75 Å². The number of benzene rings is 2. The van der Waals surface area contributed by atoms with Crippen molar-refractivity contribution in [3.05, 3.63) is 59.7 Å². The standard InChI is InChI=1S/C15H14BrN3O/c16-9-11-1-3-12(4-2-11)15-17-10-19(18-15)13-5-7-14(20)8-6-13/h1-8,20H,9-10H2,(H,17,18). The number of hydrazine groups is 1. The maximum atomic E-state index is 9.31. The average Bonchev–Trinajstić information content (AvgIpc) is 2.98. The van der Waals surface area contributed by atoms with E-state index in [1.54, 1.807) is 12.1 Å². The van der Waals surface area contributed by atoms with Gasteiger partial charge in [0.15, 0.2) is 0 Å². The number of amidine groups is 1. The lowest BCUT2D eigenvalue weighted by molar-refractivity contribution is 0.475. The lowest BCUT2D eigenvalue weighted by Crippen LogP contribution is -2.36. The fourth-order valence-corrected chi connectivity index (χ4v) is 2.40. The summed E-state index contributed by atoms with van der Waals surface area (Å²) in [5.41, 5.74) is 6.55. The quantitative estimate of drug-likeness (QED) is 0.850. The van der Waals surface area contributed by atoms with Crippen LogP contribution in [0, 0.1) is 0 Å². The monoisotopic (exact) mass is 331 g/mol. The zero-order valence-electron chi connectivity index (χ0n) is 10.8. The van der Waals surface area contributed by atoms with E-state index in [2.05, 4.69) is 50.6 Å². The molecule has 0 unspecified atom stereocenters. The van der Waals surface area contributed by atoms with E-state index in [1.165, 1.54) is 5.56 Å². The molecule has 0 amide bonds. The van der Waals surface area contributed by atoms with E-state index >= 15 is 0 Å². The molecule has 0 fully saturated rings. The predicted molar refractivity (Wildman–Crippen MR) is 84.2 cm³/mol. The van der Waals surface area contributed by atoms with Gasteiger partial charge in [-0.15, -0.1) is 0 Å². The molecule has 0 radical (unpaired) electrons. The molecule has 0 bridgehead atoms. The molecule has 1 heterocycles. The molecule has 1 aliphatic rings. The minimum atomic E-state index is 0.263. The highest BCUT2D eigenvalue weighted by molar-refractivity contribution is 9.08. The maximum absolute atomic E-state index is 9.31. The summed E-state index contributed by atoms with van der Waals surface area (Å²) in [6.45, 7) is 0.556. The highest BCUT2D eigenvalue weighted by atomic mass is 79.9. The van der Waals surface area contributed by atoms with Crippen LogP contribution >= 0.6 is 15.9 Å². The molecule has 102 valence electrons. The third-order valence-corrected chi connectivity index (χ3v) is 3.80. The molecule has 2 N–H and O–H groups in total. The van der Waals surface area contributed by atoms with E-state index in [0.717, 1.165) is 22.4 Å². The molecular formula is C15H14BrN3O.